The fraction of sp³-hybridized carbons (Fsp3) is 0.444. The number of nitrogens with zero attached hydrogens (tertiary/aromatic N) is 2. The van der Waals surface area contributed by atoms with Crippen LogP contribution in [-0.4, -0.2) is 52.7 Å². The van der Waals surface area contributed by atoms with E-state index < -0.39 is 6.04 Å². The SMILES string of the molecule is CC(c1ccccc1)N1CCCC(NCc2ccc3c(c2)CN(C2CCC(=O)NC2=O)C3=O)C1. The molecule has 0 aromatic heterocycles. The Morgan fingerprint density at radius 1 is 1.09 bits per heavy atom. The summed E-state index contributed by atoms with van der Waals surface area (Å²) in [5, 5.41) is 6.08. The monoisotopic (exact) mass is 460 g/mol. The summed E-state index contributed by atoms with van der Waals surface area (Å²) in [6, 6.07) is 16.9. The van der Waals surface area contributed by atoms with E-state index in [1.807, 2.05) is 12.1 Å². The molecule has 2 saturated heterocycles. The van der Waals surface area contributed by atoms with E-state index >= 15 is 0 Å². The maximum absolute atomic E-state index is 12.9. The molecule has 3 aliphatic rings. The van der Waals surface area contributed by atoms with E-state index in [0.717, 1.165) is 37.2 Å². The Morgan fingerprint density at radius 3 is 2.71 bits per heavy atom. The van der Waals surface area contributed by atoms with Crippen molar-refractivity contribution < 1.29 is 14.4 Å². The molecule has 3 atom stereocenters. The van der Waals surface area contributed by atoms with E-state index in [1.165, 1.54) is 12.0 Å². The van der Waals surface area contributed by atoms with Crippen LogP contribution in [0.1, 0.15) is 65.7 Å². The van der Waals surface area contributed by atoms with Gasteiger partial charge in [0.1, 0.15) is 6.04 Å². The van der Waals surface area contributed by atoms with Crippen LogP contribution in [0.15, 0.2) is 48.5 Å². The molecule has 0 saturated carbocycles. The fourth-order valence-electron chi connectivity index (χ4n) is 5.47. The molecule has 3 amide bonds. The van der Waals surface area contributed by atoms with Gasteiger partial charge in [-0.05, 0) is 55.5 Å². The van der Waals surface area contributed by atoms with Crippen molar-refractivity contribution in [3.8, 4) is 0 Å². The molecule has 0 aliphatic carbocycles. The number of carbonyl (C=O) groups excluding carboxylic acids is 3. The Labute approximate surface area is 200 Å². The lowest BCUT2D eigenvalue weighted by Gasteiger charge is -2.37. The summed E-state index contributed by atoms with van der Waals surface area (Å²) >= 11 is 0. The molecule has 5 rings (SSSR count). The minimum atomic E-state index is -0.570. The lowest BCUT2D eigenvalue weighted by Crippen LogP contribution is -2.52. The zero-order valence-corrected chi connectivity index (χ0v) is 19.6. The summed E-state index contributed by atoms with van der Waals surface area (Å²) < 4.78 is 0. The van der Waals surface area contributed by atoms with Crippen LogP contribution in [-0.2, 0) is 22.7 Å². The lowest BCUT2D eigenvalue weighted by molar-refractivity contribution is -0.136. The molecule has 2 N–H and O–H groups in total. The van der Waals surface area contributed by atoms with E-state index in [0.29, 0.717) is 30.6 Å². The molecule has 7 nitrogen and oxygen atoms in total. The predicted octanol–water partition coefficient (Wildman–Crippen LogP) is 2.76. The van der Waals surface area contributed by atoms with Gasteiger partial charge < -0.3 is 10.2 Å². The van der Waals surface area contributed by atoms with Crippen molar-refractivity contribution in [3.63, 3.8) is 0 Å². The molecule has 2 aromatic rings. The average molecular weight is 461 g/mol. The number of carbonyl (C=O) groups is 3. The second kappa shape index (κ2) is 9.68. The maximum Gasteiger partial charge on any atom is 0.255 e. The molecule has 2 fully saturated rings. The minimum Gasteiger partial charge on any atom is -0.322 e. The second-order valence-corrected chi connectivity index (χ2v) is 9.69. The molecule has 3 aliphatic heterocycles. The number of benzene rings is 2. The second-order valence-electron chi connectivity index (χ2n) is 9.69. The Hall–Kier alpha value is -3.03. The first kappa shape index (κ1) is 22.7. The van der Waals surface area contributed by atoms with Gasteiger partial charge in [0, 0.05) is 43.7 Å². The lowest BCUT2D eigenvalue weighted by atomic mass is 10.00. The van der Waals surface area contributed by atoms with Gasteiger partial charge in [-0.3, -0.25) is 24.6 Å². The number of nitrogens with one attached hydrogen (secondary N) is 2. The van der Waals surface area contributed by atoms with Crippen LogP contribution in [0.25, 0.3) is 0 Å². The molecular formula is C27H32N4O3. The summed E-state index contributed by atoms with van der Waals surface area (Å²) in [4.78, 5) is 40.8. The van der Waals surface area contributed by atoms with Crippen molar-refractivity contribution in [2.24, 2.45) is 0 Å². The Kier molecular flexibility index (Phi) is 6.48. The van der Waals surface area contributed by atoms with E-state index in [4.69, 9.17) is 0 Å². The number of likely N-dealkylation sites (tertiary alicyclic amines) is 1. The van der Waals surface area contributed by atoms with Crippen LogP contribution in [0.2, 0.25) is 0 Å². The standard InChI is InChI=1S/C27H32N4O3/c1-18(20-6-3-2-4-7-20)30-13-5-8-22(17-30)28-15-19-9-10-23-21(14-19)16-31(27(23)34)24-11-12-25(32)29-26(24)33/h2-4,6-7,9-10,14,18,22,24,28H,5,8,11-13,15-17H2,1H3,(H,29,32,33). The Bertz CT molecular complexity index is 1090. The molecule has 3 unspecified atom stereocenters. The number of piperidine rings is 2. The van der Waals surface area contributed by atoms with Crippen LogP contribution in [0, 0.1) is 0 Å². The topological polar surface area (TPSA) is 81.8 Å². The average Bonchev–Trinajstić information content (AvgIpc) is 3.18. The van der Waals surface area contributed by atoms with Gasteiger partial charge >= 0.3 is 0 Å². The predicted molar refractivity (Wildman–Crippen MR) is 129 cm³/mol. The van der Waals surface area contributed by atoms with Gasteiger partial charge in [0.2, 0.25) is 11.8 Å². The van der Waals surface area contributed by atoms with E-state index in [-0.39, 0.29) is 24.1 Å². The highest BCUT2D eigenvalue weighted by Crippen LogP contribution is 2.29. The van der Waals surface area contributed by atoms with Crippen molar-refractivity contribution in [1.82, 2.24) is 20.4 Å². The number of imide groups is 1. The molecule has 7 heteroatoms. The highest BCUT2D eigenvalue weighted by atomic mass is 16.2. The Balaban J connectivity index is 1.19. The fourth-order valence-corrected chi connectivity index (χ4v) is 5.47. The normalized spacial score (nSPS) is 24.1. The van der Waals surface area contributed by atoms with Crippen molar-refractivity contribution in [1.29, 1.82) is 0 Å². The van der Waals surface area contributed by atoms with E-state index in [9.17, 15) is 14.4 Å². The number of hydrogen-bond donors (Lipinski definition) is 2. The van der Waals surface area contributed by atoms with Crippen LogP contribution in [0.4, 0.5) is 0 Å². The number of fused-ring (bicyclic) bond motifs is 1. The Morgan fingerprint density at radius 2 is 1.91 bits per heavy atom. The highest BCUT2D eigenvalue weighted by molar-refractivity contribution is 6.05. The summed E-state index contributed by atoms with van der Waals surface area (Å²) in [7, 11) is 0. The number of amides is 3. The molecule has 2 aromatic carbocycles. The molecular weight excluding hydrogens is 428 g/mol. The third-order valence-electron chi connectivity index (χ3n) is 7.47. The van der Waals surface area contributed by atoms with E-state index in [1.54, 1.807) is 4.90 Å². The maximum atomic E-state index is 12.9. The third-order valence-corrected chi connectivity index (χ3v) is 7.47. The van der Waals surface area contributed by atoms with Gasteiger partial charge in [0.15, 0.2) is 0 Å². The van der Waals surface area contributed by atoms with Gasteiger partial charge in [-0.15, -0.1) is 0 Å². The van der Waals surface area contributed by atoms with Gasteiger partial charge in [0.05, 0.1) is 0 Å². The largest absolute Gasteiger partial charge is 0.322 e. The molecule has 34 heavy (non-hydrogen) atoms. The minimum absolute atomic E-state index is 0.123. The smallest absolute Gasteiger partial charge is 0.255 e. The van der Waals surface area contributed by atoms with Crippen LogP contribution in [0.5, 0.6) is 0 Å². The first-order chi connectivity index (χ1) is 16.5. The summed E-state index contributed by atoms with van der Waals surface area (Å²) in [5.41, 5.74) is 4.11. The molecule has 0 bridgehead atoms. The van der Waals surface area contributed by atoms with Gasteiger partial charge in [-0.1, -0.05) is 42.5 Å². The molecule has 3 heterocycles. The number of hydrogen-bond acceptors (Lipinski definition) is 5. The summed E-state index contributed by atoms with van der Waals surface area (Å²) in [6.07, 6.45) is 2.99. The van der Waals surface area contributed by atoms with E-state index in [2.05, 4.69) is 58.9 Å². The van der Waals surface area contributed by atoms with Gasteiger partial charge in [-0.2, -0.15) is 0 Å². The zero-order chi connectivity index (χ0) is 23.7. The number of rotatable bonds is 6. The van der Waals surface area contributed by atoms with Gasteiger partial charge in [0.25, 0.3) is 5.91 Å². The van der Waals surface area contributed by atoms with Crippen molar-refractivity contribution in [2.45, 2.75) is 63.8 Å². The quantitative estimate of drug-likeness (QED) is 0.648. The zero-order valence-electron chi connectivity index (χ0n) is 19.6. The first-order valence-electron chi connectivity index (χ1n) is 12.3. The van der Waals surface area contributed by atoms with Crippen molar-refractivity contribution in [3.05, 3.63) is 70.8 Å². The summed E-state index contributed by atoms with van der Waals surface area (Å²) in [6.45, 7) is 5.58. The first-order valence-corrected chi connectivity index (χ1v) is 12.3. The highest BCUT2D eigenvalue weighted by Gasteiger charge is 2.39. The van der Waals surface area contributed by atoms with Crippen LogP contribution >= 0.6 is 0 Å². The third kappa shape index (κ3) is 4.63. The van der Waals surface area contributed by atoms with Crippen molar-refractivity contribution in [2.75, 3.05) is 13.1 Å². The molecule has 178 valence electrons. The van der Waals surface area contributed by atoms with Crippen LogP contribution in [0.3, 0.4) is 0 Å². The van der Waals surface area contributed by atoms with Crippen LogP contribution < -0.4 is 10.6 Å². The summed E-state index contributed by atoms with van der Waals surface area (Å²) in [5.74, 6) is -0.758. The van der Waals surface area contributed by atoms with Gasteiger partial charge in [-0.25, -0.2) is 0 Å². The molecule has 0 radical (unpaired) electrons. The molecule has 0 spiro atoms. The van der Waals surface area contributed by atoms with Crippen molar-refractivity contribution >= 4 is 17.7 Å².